The van der Waals surface area contributed by atoms with Gasteiger partial charge in [0.15, 0.2) is 0 Å². The van der Waals surface area contributed by atoms with Crippen LogP contribution in [0.15, 0.2) is 77.9 Å². The summed E-state index contributed by atoms with van der Waals surface area (Å²) >= 11 is 6.13. The van der Waals surface area contributed by atoms with E-state index in [1.165, 1.54) is 18.3 Å². The number of ether oxygens (including phenoxy) is 1. The van der Waals surface area contributed by atoms with Crippen molar-refractivity contribution in [2.24, 2.45) is 5.10 Å². The molecule has 6 heteroatoms. The van der Waals surface area contributed by atoms with Gasteiger partial charge in [-0.2, -0.15) is 5.10 Å². The van der Waals surface area contributed by atoms with Crippen molar-refractivity contribution < 1.29 is 13.9 Å². The van der Waals surface area contributed by atoms with Gasteiger partial charge in [-0.05, 0) is 35.9 Å². The van der Waals surface area contributed by atoms with E-state index in [2.05, 4.69) is 10.5 Å². The second-order valence-electron chi connectivity index (χ2n) is 5.63. The summed E-state index contributed by atoms with van der Waals surface area (Å²) in [5.74, 6) is -0.323. The Labute approximate surface area is 161 Å². The molecule has 0 saturated heterocycles. The van der Waals surface area contributed by atoms with Crippen molar-refractivity contribution in [3.8, 4) is 5.75 Å². The molecule has 0 spiro atoms. The van der Waals surface area contributed by atoms with Crippen molar-refractivity contribution in [2.75, 3.05) is 0 Å². The summed E-state index contributed by atoms with van der Waals surface area (Å²) in [6.07, 6.45) is 1.44. The second kappa shape index (κ2) is 8.96. The maximum Gasteiger partial charge on any atom is 0.275 e. The van der Waals surface area contributed by atoms with Gasteiger partial charge in [-0.3, -0.25) is 4.79 Å². The zero-order valence-electron chi connectivity index (χ0n) is 14.2. The smallest absolute Gasteiger partial charge is 0.275 e. The lowest BCUT2D eigenvalue weighted by Gasteiger charge is -2.11. The van der Waals surface area contributed by atoms with Gasteiger partial charge in [0.25, 0.3) is 5.91 Å². The van der Waals surface area contributed by atoms with Gasteiger partial charge >= 0.3 is 0 Å². The molecule has 0 atom stereocenters. The number of hydrazone groups is 1. The average molecular weight is 383 g/mol. The zero-order valence-corrected chi connectivity index (χ0v) is 15.0. The Bertz CT molecular complexity index is 958. The fourth-order valence-corrected chi connectivity index (χ4v) is 2.52. The van der Waals surface area contributed by atoms with Gasteiger partial charge in [0.2, 0.25) is 0 Å². The van der Waals surface area contributed by atoms with Crippen LogP contribution in [-0.2, 0) is 6.61 Å². The predicted octanol–water partition coefficient (Wildman–Crippen LogP) is 4.82. The highest BCUT2D eigenvalue weighted by molar-refractivity contribution is 6.31. The highest BCUT2D eigenvalue weighted by Gasteiger charge is 2.12. The molecule has 0 bridgehead atoms. The Morgan fingerprint density at radius 3 is 2.52 bits per heavy atom. The third kappa shape index (κ3) is 5.15. The Morgan fingerprint density at radius 2 is 1.74 bits per heavy atom. The average Bonchev–Trinajstić information content (AvgIpc) is 2.69. The lowest BCUT2D eigenvalue weighted by Crippen LogP contribution is -2.18. The number of hydrogen-bond acceptors (Lipinski definition) is 3. The van der Waals surface area contributed by atoms with Gasteiger partial charge in [-0.15, -0.1) is 0 Å². The van der Waals surface area contributed by atoms with Crippen molar-refractivity contribution in [1.29, 1.82) is 0 Å². The van der Waals surface area contributed by atoms with Crippen molar-refractivity contribution >= 4 is 23.7 Å². The predicted molar refractivity (Wildman–Crippen MR) is 104 cm³/mol. The zero-order chi connectivity index (χ0) is 19.1. The standard InChI is InChI=1S/C21H16ClFN2O2/c22-19-7-3-1-5-16(19)14-27-20-8-4-2-6-18(20)21(26)25-24-13-15-9-11-17(23)12-10-15/h1-13H,14H2,(H,25,26)/b24-13+. The number of rotatable bonds is 6. The number of nitrogens with one attached hydrogen (secondary N) is 1. The molecule has 27 heavy (non-hydrogen) atoms. The molecule has 0 fully saturated rings. The minimum absolute atomic E-state index is 0.239. The molecule has 0 radical (unpaired) electrons. The quantitative estimate of drug-likeness (QED) is 0.490. The van der Waals surface area contributed by atoms with Gasteiger partial charge in [0, 0.05) is 10.6 Å². The molecule has 0 heterocycles. The number of amides is 1. The maximum absolute atomic E-state index is 12.9. The number of halogens is 2. The highest BCUT2D eigenvalue weighted by Crippen LogP contribution is 2.22. The molecule has 4 nitrogen and oxygen atoms in total. The van der Waals surface area contributed by atoms with E-state index in [1.807, 2.05) is 18.2 Å². The van der Waals surface area contributed by atoms with Gasteiger partial charge in [-0.25, -0.2) is 9.82 Å². The largest absolute Gasteiger partial charge is 0.488 e. The van der Waals surface area contributed by atoms with Crippen molar-refractivity contribution in [3.05, 3.63) is 100 Å². The number of benzene rings is 3. The summed E-state index contributed by atoms with van der Waals surface area (Å²) < 4.78 is 18.7. The van der Waals surface area contributed by atoms with Crippen LogP contribution in [-0.4, -0.2) is 12.1 Å². The first-order valence-corrected chi connectivity index (χ1v) is 8.55. The minimum atomic E-state index is -0.414. The lowest BCUT2D eigenvalue weighted by molar-refractivity contribution is 0.0950. The van der Waals surface area contributed by atoms with Crippen LogP contribution in [0.4, 0.5) is 4.39 Å². The lowest BCUT2D eigenvalue weighted by atomic mass is 10.2. The topological polar surface area (TPSA) is 50.7 Å². The maximum atomic E-state index is 12.9. The molecule has 3 aromatic rings. The van der Waals surface area contributed by atoms with Crippen LogP contribution in [0.5, 0.6) is 5.75 Å². The van der Waals surface area contributed by atoms with Crippen LogP contribution >= 0.6 is 11.6 Å². The molecule has 0 saturated carbocycles. The summed E-state index contributed by atoms with van der Waals surface area (Å²) in [4.78, 5) is 12.4. The monoisotopic (exact) mass is 382 g/mol. The molecule has 3 rings (SSSR count). The van der Waals surface area contributed by atoms with Gasteiger partial charge in [0.1, 0.15) is 18.2 Å². The van der Waals surface area contributed by atoms with Gasteiger partial charge in [-0.1, -0.05) is 54.1 Å². The summed E-state index contributed by atoms with van der Waals surface area (Å²) in [6, 6.07) is 20.0. The minimum Gasteiger partial charge on any atom is -0.488 e. The molecule has 0 aliphatic heterocycles. The van der Waals surface area contributed by atoms with E-state index in [0.717, 1.165) is 5.56 Å². The van der Waals surface area contributed by atoms with Crippen LogP contribution < -0.4 is 10.2 Å². The first-order valence-electron chi connectivity index (χ1n) is 8.17. The molecule has 0 aromatic heterocycles. The molecule has 0 aliphatic carbocycles. The normalized spacial score (nSPS) is 10.7. The van der Waals surface area contributed by atoms with E-state index in [4.69, 9.17) is 16.3 Å². The molecule has 136 valence electrons. The molecule has 0 aliphatic rings. The first-order chi connectivity index (χ1) is 13.1. The van der Waals surface area contributed by atoms with Crippen LogP contribution in [0, 0.1) is 5.82 Å². The summed E-state index contributed by atoms with van der Waals surface area (Å²) in [6.45, 7) is 0.239. The van der Waals surface area contributed by atoms with Crippen LogP contribution in [0.25, 0.3) is 0 Å². The molecular weight excluding hydrogens is 367 g/mol. The van der Waals surface area contributed by atoms with Crippen LogP contribution in [0.2, 0.25) is 5.02 Å². The summed E-state index contributed by atoms with van der Waals surface area (Å²) in [5, 5.41) is 4.50. The fourth-order valence-electron chi connectivity index (χ4n) is 2.33. The summed E-state index contributed by atoms with van der Waals surface area (Å²) in [5.41, 5.74) is 4.28. The number of para-hydroxylation sites is 1. The van der Waals surface area contributed by atoms with Crippen molar-refractivity contribution in [3.63, 3.8) is 0 Å². The molecule has 0 unspecified atom stereocenters. The fraction of sp³-hybridized carbons (Fsp3) is 0.0476. The van der Waals surface area contributed by atoms with E-state index in [-0.39, 0.29) is 12.4 Å². The molecular formula is C21H16ClFN2O2. The molecule has 1 N–H and O–H groups in total. The SMILES string of the molecule is O=C(N/N=C/c1ccc(F)cc1)c1ccccc1OCc1ccccc1Cl. The number of nitrogens with zero attached hydrogens (tertiary/aromatic N) is 1. The van der Waals surface area contributed by atoms with E-state index in [9.17, 15) is 9.18 Å². The number of carbonyl (C=O) groups is 1. The van der Waals surface area contributed by atoms with E-state index >= 15 is 0 Å². The van der Waals surface area contributed by atoms with E-state index in [1.54, 1.807) is 42.5 Å². The molecule has 1 amide bonds. The van der Waals surface area contributed by atoms with Crippen LogP contribution in [0.1, 0.15) is 21.5 Å². The van der Waals surface area contributed by atoms with Crippen LogP contribution in [0.3, 0.4) is 0 Å². The Kier molecular flexibility index (Phi) is 6.18. The Balaban J connectivity index is 1.66. The van der Waals surface area contributed by atoms with E-state index in [0.29, 0.717) is 21.9 Å². The van der Waals surface area contributed by atoms with Crippen molar-refractivity contribution in [2.45, 2.75) is 6.61 Å². The Morgan fingerprint density at radius 1 is 1.04 bits per heavy atom. The Hall–Kier alpha value is -3.18. The third-order valence-corrected chi connectivity index (χ3v) is 4.09. The van der Waals surface area contributed by atoms with Gasteiger partial charge in [0.05, 0.1) is 11.8 Å². The first kappa shape index (κ1) is 18.6. The number of carbonyl (C=O) groups excluding carboxylic acids is 1. The summed E-state index contributed by atoms with van der Waals surface area (Å²) in [7, 11) is 0. The van der Waals surface area contributed by atoms with Gasteiger partial charge < -0.3 is 4.74 Å². The highest BCUT2D eigenvalue weighted by atomic mass is 35.5. The van der Waals surface area contributed by atoms with E-state index < -0.39 is 5.91 Å². The second-order valence-corrected chi connectivity index (χ2v) is 6.03. The molecule has 3 aromatic carbocycles. The third-order valence-electron chi connectivity index (χ3n) is 3.72. The number of hydrogen-bond donors (Lipinski definition) is 1. The van der Waals surface area contributed by atoms with Crippen molar-refractivity contribution in [1.82, 2.24) is 5.43 Å².